The van der Waals surface area contributed by atoms with Crippen molar-refractivity contribution in [2.45, 2.75) is 6.92 Å². The summed E-state index contributed by atoms with van der Waals surface area (Å²) < 4.78 is 4.85. The number of rotatable bonds is 1. The van der Waals surface area contributed by atoms with Crippen molar-refractivity contribution in [2.75, 3.05) is 5.73 Å². The summed E-state index contributed by atoms with van der Waals surface area (Å²) in [6.07, 6.45) is 0. The van der Waals surface area contributed by atoms with Crippen LogP contribution in [0.2, 0.25) is 0 Å². The molecule has 0 saturated carbocycles. The lowest BCUT2D eigenvalue weighted by Gasteiger charge is -1.91. The van der Waals surface area contributed by atoms with E-state index >= 15 is 0 Å². The van der Waals surface area contributed by atoms with E-state index in [9.17, 15) is 0 Å². The summed E-state index contributed by atoms with van der Waals surface area (Å²) in [7, 11) is 0. The van der Waals surface area contributed by atoms with Crippen molar-refractivity contribution < 1.29 is 4.52 Å². The zero-order valence-corrected chi connectivity index (χ0v) is 8.82. The molecular formula is C12H11N3O. The molecule has 4 nitrogen and oxygen atoms in total. The molecule has 0 radical (unpaired) electrons. The van der Waals surface area contributed by atoms with E-state index in [1.54, 1.807) is 6.07 Å². The Balaban J connectivity index is 2.18. The van der Waals surface area contributed by atoms with Gasteiger partial charge in [0.2, 0.25) is 5.88 Å². The predicted octanol–water partition coefficient (Wildman–Crippen LogP) is 2.71. The third kappa shape index (κ3) is 1.35. The van der Waals surface area contributed by atoms with Gasteiger partial charge in [-0.1, -0.05) is 17.3 Å². The number of aromatic nitrogens is 2. The number of nitrogen functional groups attached to an aromatic ring is 1. The van der Waals surface area contributed by atoms with Crippen LogP contribution < -0.4 is 5.73 Å². The quantitative estimate of drug-likeness (QED) is 0.653. The van der Waals surface area contributed by atoms with Crippen molar-refractivity contribution in [2.24, 2.45) is 0 Å². The zero-order chi connectivity index (χ0) is 11.1. The molecule has 1 aromatic carbocycles. The van der Waals surface area contributed by atoms with Gasteiger partial charge in [-0.15, -0.1) is 0 Å². The number of fused-ring (bicyclic) bond motifs is 1. The average Bonchev–Trinajstić information content (AvgIpc) is 2.83. The van der Waals surface area contributed by atoms with E-state index in [-0.39, 0.29) is 0 Å². The van der Waals surface area contributed by atoms with E-state index in [1.165, 1.54) is 5.56 Å². The minimum Gasteiger partial charge on any atom is -0.368 e. The van der Waals surface area contributed by atoms with Gasteiger partial charge in [0, 0.05) is 17.0 Å². The van der Waals surface area contributed by atoms with Crippen LogP contribution >= 0.6 is 0 Å². The molecule has 0 fully saturated rings. The summed E-state index contributed by atoms with van der Waals surface area (Å²) >= 11 is 0. The zero-order valence-electron chi connectivity index (χ0n) is 8.82. The highest BCUT2D eigenvalue weighted by Crippen LogP contribution is 2.24. The first-order chi connectivity index (χ1) is 7.72. The van der Waals surface area contributed by atoms with E-state index < -0.39 is 0 Å². The minimum absolute atomic E-state index is 0.324. The molecule has 0 aliphatic heterocycles. The summed E-state index contributed by atoms with van der Waals surface area (Å²) in [6, 6.07) is 10.00. The van der Waals surface area contributed by atoms with E-state index in [0.717, 1.165) is 22.3 Å². The Morgan fingerprint density at radius 1 is 1.25 bits per heavy atom. The van der Waals surface area contributed by atoms with Gasteiger partial charge in [-0.2, -0.15) is 0 Å². The van der Waals surface area contributed by atoms with Crippen molar-refractivity contribution in [3.05, 3.63) is 35.9 Å². The topological polar surface area (TPSA) is 67.8 Å². The smallest absolute Gasteiger partial charge is 0.222 e. The van der Waals surface area contributed by atoms with Crippen LogP contribution in [-0.2, 0) is 0 Å². The Morgan fingerprint density at radius 3 is 2.88 bits per heavy atom. The highest BCUT2D eigenvalue weighted by atomic mass is 16.5. The van der Waals surface area contributed by atoms with Crippen molar-refractivity contribution in [1.29, 1.82) is 0 Å². The molecule has 0 saturated heterocycles. The molecule has 0 spiro atoms. The first kappa shape index (κ1) is 9.03. The second-order valence-electron chi connectivity index (χ2n) is 3.89. The molecule has 2 heterocycles. The second-order valence-corrected chi connectivity index (χ2v) is 3.89. The Hall–Kier alpha value is -2.23. The van der Waals surface area contributed by atoms with E-state index in [0.29, 0.717) is 5.88 Å². The average molecular weight is 213 g/mol. The summed E-state index contributed by atoms with van der Waals surface area (Å²) in [5, 5.41) is 5.03. The number of H-pyrrole nitrogens is 1. The van der Waals surface area contributed by atoms with Gasteiger partial charge in [0.25, 0.3) is 0 Å². The first-order valence-corrected chi connectivity index (χ1v) is 5.04. The molecule has 4 heteroatoms. The standard InChI is InChI=1S/C12H11N3O/c1-7-2-3-8-5-10(14-9(8)4-7)11-6-12(13)16-15-11/h2-6,14H,13H2,1H3. The molecule has 0 bridgehead atoms. The normalized spacial score (nSPS) is 11.1. The number of anilines is 1. The Labute approximate surface area is 92.0 Å². The van der Waals surface area contributed by atoms with Crippen LogP contribution in [0, 0.1) is 6.92 Å². The number of benzene rings is 1. The minimum atomic E-state index is 0.324. The van der Waals surface area contributed by atoms with Crippen LogP contribution in [0.3, 0.4) is 0 Å². The van der Waals surface area contributed by atoms with E-state index in [2.05, 4.69) is 35.3 Å². The van der Waals surface area contributed by atoms with Gasteiger partial charge in [0.1, 0.15) is 5.69 Å². The maximum absolute atomic E-state index is 5.49. The number of hydrogen-bond donors (Lipinski definition) is 2. The lowest BCUT2D eigenvalue weighted by Crippen LogP contribution is -1.77. The first-order valence-electron chi connectivity index (χ1n) is 5.04. The highest BCUT2D eigenvalue weighted by molar-refractivity contribution is 5.85. The Bertz CT molecular complexity index is 651. The summed E-state index contributed by atoms with van der Waals surface area (Å²) in [4.78, 5) is 3.29. The van der Waals surface area contributed by atoms with Gasteiger partial charge in [-0.25, -0.2) is 0 Å². The van der Waals surface area contributed by atoms with Crippen LogP contribution in [0.5, 0.6) is 0 Å². The molecule has 0 unspecified atom stereocenters. The maximum atomic E-state index is 5.49. The highest BCUT2D eigenvalue weighted by Gasteiger charge is 2.07. The number of hydrogen-bond acceptors (Lipinski definition) is 3. The number of aromatic amines is 1. The molecule has 0 aliphatic rings. The lowest BCUT2D eigenvalue weighted by molar-refractivity contribution is 0.439. The maximum Gasteiger partial charge on any atom is 0.222 e. The number of nitrogens with one attached hydrogen (secondary N) is 1. The largest absolute Gasteiger partial charge is 0.368 e. The molecule has 80 valence electrons. The molecule has 0 atom stereocenters. The predicted molar refractivity (Wildman–Crippen MR) is 62.9 cm³/mol. The van der Waals surface area contributed by atoms with Crippen molar-refractivity contribution in [1.82, 2.24) is 10.1 Å². The van der Waals surface area contributed by atoms with Gasteiger partial charge in [-0.05, 0) is 24.6 Å². The molecule has 2 aromatic heterocycles. The molecule has 3 N–H and O–H groups in total. The third-order valence-electron chi connectivity index (χ3n) is 2.58. The van der Waals surface area contributed by atoms with Crippen molar-refractivity contribution in [3.63, 3.8) is 0 Å². The molecular weight excluding hydrogens is 202 g/mol. The van der Waals surface area contributed by atoms with Crippen LogP contribution in [0.1, 0.15) is 5.56 Å². The van der Waals surface area contributed by atoms with Gasteiger partial charge in [-0.3, -0.25) is 0 Å². The van der Waals surface area contributed by atoms with Crippen molar-refractivity contribution in [3.8, 4) is 11.4 Å². The fourth-order valence-electron chi connectivity index (χ4n) is 1.80. The number of nitrogens with zero attached hydrogens (tertiary/aromatic N) is 1. The fourth-order valence-corrected chi connectivity index (χ4v) is 1.80. The van der Waals surface area contributed by atoms with Crippen molar-refractivity contribution >= 4 is 16.8 Å². The molecule has 3 rings (SSSR count). The van der Waals surface area contributed by atoms with Gasteiger partial charge >= 0.3 is 0 Å². The van der Waals surface area contributed by atoms with Gasteiger partial charge in [0.15, 0.2) is 0 Å². The molecule has 0 aliphatic carbocycles. The SMILES string of the molecule is Cc1ccc2cc(-c3cc(N)on3)[nH]c2c1. The van der Waals surface area contributed by atoms with Gasteiger partial charge < -0.3 is 15.2 Å². The number of aryl methyl sites for hydroxylation is 1. The molecule has 16 heavy (non-hydrogen) atoms. The second kappa shape index (κ2) is 3.13. The monoisotopic (exact) mass is 213 g/mol. The van der Waals surface area contributed by atoms with E-state index in [4.69, 9.17) is 10.3 Å². The fraction of sp³-hybridized carbons (Fsp3) is 0.0833. The molecule has 3 aromatic rings. The molecule has 0 amide bonds. The Morgan fingerprint density at radius 2 is 2.12 bits per heavy atom. The third-order valence-corrected chi connectivity index (χ3v) is 2.58. The van der Waals surface area contributed by atoms with Crippen LogP contribution in [-0.4, -0.2) is 10.1 Å². The Kier molecular flexibility index (Phi) is 1.77. The van der Waals surface area contributed by atoms with Crippen LogP contribution in [0.4, 0.5) is 5.88 Å². The van der Waals surface area contributed by atoms with Gasteiger partial charge in [0.05, 0.1) is 5.69 Å². The summed E-state index contributed by atoms with van der Waals surface area (Å²) in [5.74, 6) is 0.324. The van der Waals surface area contributed by atoms with Crippen LogP contribution in [0.15, 0.2) is 34.9 Å². The summed E-state index contributed by atoms with van der Waals surface area (Å²) in [6.45, 7) is 2.06. The van der Waals surface area contributed by atoms with Crippen LogP contribution in [0.25, 0.3) is 22.3 Å². The lowest BCUT2D eigenvalue weighted by atomic mass is 10.2. The van der Waals surface area contributed by atoms with E-state index in [1.807, 2.05) is 6.07 Å². The number of nitrogens with two attached hydrogens (primary N) is 1. The summed E-state index contributed by atoms with van der Waals surface area (Å²) in [5.41, 5.74) is 9.45.